The van der Waals surface area contributed by atoms with E-state index in [1.807, 2.05) is 17.5 Å². The van der Waals surface area contributed by atoms with Crippen LogP contribution >= 0.6 is 22.9 Å². The second kappa shape index (κ2) is 6.18. The van der Waals surface area contributed by atoms with Crippen molar-refractivity contribution in [1.82, 2.24) is 5.16 Å². The van der Waals surface area contributed by atoms with Crippen LogP contribution in [0.3, 0.4) is 0 Å². The molecule has 0 saturated carbocycles. The molecule has 122 valence electrons. The normalized spacial score (nSPS) is 12.4. The fourth-order valence-corrected chi connectivity index (χ4v) is 3.16. The molecule has 0 atom stereocenters. The fraction of sp³-hybridized carbons (Fsp3) is 0.125. The van der Waals surface area contributed by atoms with Crippen molar-refractivity contribution in [3.8, 4) is 22.1 Å². The van der Waals surface area contributed by atoms with Crippen LogP contribution in [-0.2, 0) is 11.3 Å². The first-order chi connectivity index (χ1) is 11.7. The number of carbonyl (C=O) groups is 1. The van der Waals surface area contributed by atoms with Gasteiger partial charge in [-0.3, -0.25) is 0 Å². The van der Waals surface area contributed by atoms with E-state index in [0.29, 0.717) is 28.0 Å². The molecule has 6 nitrogen and oxygen atoms in total. The molecule has 0 amide bonds. The van der Waals surface area contributed by atoms with Crippen LogP contribution < -0.4 is 9.47 Å². The van der Waals surface area contributed by atoms with E-state index in [0.717, 1.165) is 4.88 Å². The monoisotopic (exact) mass is 363 g/mol. The highest BCUT2D eigenvalue weighted by Gasteiger charge is 2.21. The van der Waals surface area contributed by atoms with Crippen molar-refractivity contribution in [2.45, 2.75) is 6.61 Å². The Balaban J connectivity index is 1.45. The molecule has 3 heterocycles. The van der Waals surface area contributed by atoms with Crippen LogP contribution in [0.4, 0.5) is 0 Å². The Morgan fingerprint density at radius 2 is 2.25 bits per heavy atom. The van der Waals surface area contributed by atoms with Crippen LogP contribution in [0.5, 0.6) is 11.5 Å². The third-order valence-corrected chi connectivity index (χ3v) is 4.50. The second-order valence-electron chi connectivity index (χ2n) is 4.93. The number of rotatable bonds is 4. The van der Waals surface area contributed by atoms with Gasteiger partial charge in [0.1, 0.15) is 12.3 Å². The lowest BCUT2D eigenvalue weighted by atomic mass is 10.2. The van der Waals surface area contributed by atoms with Crippen LogP contribution in [-0.4, -0.2) is 17.9 Å². The highest BCUT2D eigenvalue weighted by Crippen LogP contribution is 2.40. The minimum absolute atomic E-state index is 0.000229. The third kappa shape index (κ3) is 2.83. The summed E-state index contributed by atoms with van der Waals surface area (Å²) in [4.78, 5) is 13.1. The van der Waals surface area contributed by atoms with Gasteiger partial charge < -0.3 is 18.7 Å². The molecule has 0 radical (unpaired) electrons. The first kappa shape index (κ1) is 15.0. The van der Waals surface area contributed by atoms with Crippen LogP contribution in [0.1, 0.15) is 16.1 Å². The van der Waals surface area contributed by atoms with E-state index in [9.17, 15) is 4.79 Å². The molecule has 1 aromatic carbocycles. The number of hydrogen-bond donors (Lipinski definition) is 0. The SMILES string of the molecule is O=C(OCc1cc(-c2cccs2)on1)c1cc(Cl)c2c(c1)OCO2. The molecule has 0 spiro atoms. The summed E-state index contributed by atoms with van der Waals surface area (Å²) in [5.41, 5.74) is 0.810. The van der Waals surface area contributed by atoms with Gasteiger partial charge in [0.15, 0.2) is 17.3 Å². The number of carbonyl (C=O) groups excluding carboxylic acids is 1. The van der Waals surface area contributed by atoms with Crippen LogP contribution in [0.15, 0.2) is 40.2 Å². The van der Waals surface area contributed by atoms with Gasteiger partial charge in [-0.05, 0) is 23.6 Å². The van der Waals surface area contributed by atoms with Crippen LogP contribution in [0.2, 0.25) is 5.02 Å². The Kier molecular flexibility index (Phi) is 3.87. The number of ether oxygens (including phenoxy) is 3. The molecule has 1 aliphatic heterocycles. The molecule has 0 fully saturated rings. The minimum Gasteiger partial charge on any atom is -0.455 e. The number of halogens is 1. The number of benzene rings is 1. The zero-order chi connectivity index (χ0) is 16.5. The van der Waals surface area contributed by atoms with Gasteiger partial charge >= 0.3 is 5.97 Å². The first-order valence-electron chi connectivity index (χ1n) is 6.96. The summed E-state index contributed by atoms with van der Waals surface area (Å²) >= 11 is 7.60. The van der Waals surface area contributed by atoms with Crippen LogP contribution in [0, 0.1) is 0 Å². The van der Waals surface area contributed by atoms with Crippen molar-refractivity contribution >= 4 is 28.9 Å². The molecule has 0 aliphatic carbocycles. The van der Waals surface area contributed by atoms with Gasteiger partial charge in [-0.25, -0.2) is 4.79 Å². The van der Waals surface area contributed by atoms with Gasteiger partial charge in [0.25, 0.3) is 0 Å². The van der Waals surface area contributed by atoms with E-state index in [1.54, 1.807) is 17.4 Å². The topological polar surface area (TPSA) is 70.8 Å². The number of esters is 1. The highest BCUT2D eigenvalue weighted by atomic mass is 35.5. The second-order valence-corrected chi connectivity index (χ2v) is 6.28. The average molecular weight is 364 g/mol. The van der Waals surface area contributed by atoms with Gasteiger partial charge in [0, 0.05) is 6.07 Å². The summed E-state index contributed by atoms with van der Waals surface area (Å²) < 4.78 is 20.9. The Morgan fingerprint density at radius 1 is 1.33 bits per heavy atom. The third-order valence-electron chi connectivity index (χ3n) is 3.34. The molecule has 0 saturated heterocycles. The van der Waals surface area contributed by atoms with Gasteiger partial charge in [-0.1, -0.05) is 22.8 Å². The molecule has 0 unspecified atom stereocenters. The van der Waals surface area contributed by atoms with E-state index in [2.05, 4.69) is 5.16 Å². The number of nitrogens with zero attached hydrogens (tertiary/aromatic N) is 1. The van der Waals surface area contributed by atoms with Crippen molar-refractivity contribution in [3.63, 3.8) is 0 Å². The summed E-state index contributed by atoms with van der Waals surface area (Å²) in [6.07, 6.45) is 0. The molecule has 4 rings (SSSR count). The van der Waals surface area contributed by atoms with Crippen molar-refractivity contribution in [2.75, 3.05) is 6.79 Å². The molecule has 2 aromatic heterocycles. The van der Waals surface area contributed by atoms with Crippen molar-refractivity contribution in [2.24, 2.45) is 0 Å². The summed E-state index contributed by atoms with van der Waals surface area (Å²) in [5.74, 6) is 0.972. The zero-order valence-electron chi connectivity index (χ0n) is 12.2. The summed E-state index contributed by atoms with van der Waals surface area (Å²) in [6.45, 7) is 0.0811. The molecular weight excluding hydrogens is 354 g/mol. The van der Waals surface area contributed by atoms with E-state index in [4.69, 9.17) is 30.3 Å². The predicted octanol–water partition coefficient (Wildman–Crippen LogP) is 4.14. The van der Waals surface area contributed by atoms with Crippen LogP contribution in [0.25, 0.3) is 10.6 Å². The Bertz CT molecular complexity index is 890. The average Bonchev–Trinajstić information content (AvgIpc) is 3.31. The van der Waals surface area contributed by atoms with Crippen molar-refractivity contribution in [1.29, 1.82) is 0 Å². The fourth-order valence-electron chi connectivity index (χ4n) is 2.22. The lowest BCUT2D eigenvalue weighted by Crippen LogP contribution is -2.05. The Morgan fingerprint density at radius 3 is 3.08 bits per heavy atom. The molecule has 24 heavy (non-hydrogen) atoms. The zero-order valence-corrected chi connectivity index (χ0v) is 13.7. The van der Waals surface area contributed by atoms with Gasteiger partial charge in [0.2, 0.25) is 6.79 Å². The maximum absolute atomic E-state index is 12.2. The lowest BCUT2D eigenvalue weighted by molar-refractivity contribution is 0.0464. The number of thiophene rings is 1. The molecule has 1 aliphatic rings. The van der Waals surface area contributed by atoms with Gasteiger partial charge in [-0.15, -0.1) is 11.3 Å². The van der Waals surface area contributed by atoms with E-state index < -0.39 is 5.97 Å². The maximum atomic E-state index is 12.2. The van der Waals surface area contributed by atoms with Gasteiger partial charge in [-0.2, -0.15) is 0 Å². The summed E-state index contributed by atoms with van der Waals surface area (Å²) in [5, 5.41) is 6.15. The Hall–Kier alpha value is -2.51. The Labute approximate surface area is 145 Å². The molecule has 8 heteroatoms. The molecule has 0 N–H and O–H groups in total. The summed E-state index contributed by atoms with van der Waals surface area (Å²) in [6, 6.07) is 8.61. The molecule has 0 bridgehead atoms. The molecular formula is C16H10ClNO5S. The predicted molar refractivity (Wildman–Crippen MR) is 86.5 cm³/mol. The number of fused-ring (bicyclic) bond motifs is 1. The van der Waals surface area contributed by atoms with Gasteiger partial charge in [0.05, 0.1) is 15.5 Å². The largest absolute Gasteiger partial charge is 0.455 e. The van der Waals surface area contributed by atoms with E-state index >= 15 is 0 Å². The minimum atomic E-state index is -0.532. The van der Waals surface area contributed by atoms with Crippen molar-refractivity contribution in [3.05, 3.63) is 52.0 Å². The number of hydrogen-bond acceptors (Lipinski definition) is 7. The van der Waals surface area contributed by atoms with E-state index in [-0.39, 0.29) is 19.0 Å². The summed E-state index contributed by atoms with van der Waals surface area (Å²) in [7, 11) is 0. The first-order valence-corrected chi connectivity index (χ1v) is 8.22. The standard InChI is InChI=1S/C16H10ClNO5S/c17-11-4-9(5-13-15(11)22-8-21-13)16(19)20-7-10-6-12(23-18-10)14-2-1-3-24-14/h1-6H,7-8H2. The maximum Gasteiger partial charge on any atom is 0.338 e. The number of aromatic nitrogens is 1. The van der Waals surface area contributed by atoms with Crippen molar-refractivity contribution < 1.29 is 23.5 Å². The lowest BCUT2D eigenvalue weighted by Gasteiger charge is -2.05. The van der Waals surface area contributed by atoms with E-state index in [1.165, 1.54) is 12.1 Å². The highest BCUT2D eigenvalue weighted by molar-refractivity contribution is 7.13. The quantitative estimate of drug-likeness (QED) is 0.649. The molecule has 3 aromatic rings. The smallest absolute Gasteiger partial charge is 0.338 e.